The Morgan fingerprint density at radius 1 is 1.33 bits per heavy atom. The Morgan fingerprint density at radius 3 is 2.79 bits per heavy atom. The molecular weight excluding hydrogens is 337 g/mol. The summed E-state index contributed by atoms with van der Waals surface area (Å²) in [5.74, 6) is 0.309. The first-order valence-corrected chi connectivity index (χ1v) is 9.07. The number of ether oxygens (including phenoxy) is 2. The number of nitrogens with zero attached hydrogens (tertiary/aromatic N) is 4. The summed E-state index contributed by atoms with van der Waals surface area (Å²) in [6.07, 6.45) is 2.40. The van der Waals surface area contributed by atoms with Crippen molar-refractivity contribution in [3.63, 3.8) is 0 Å². The first kappa shape index (κ1) is 18.8. The average Bonchev–Trinajstić information content (AvgIpc) is 2.98. The van der Waals surface area contributed by atoms with Gasteiger partial charge in [0.25, 0.3) is 0 Å². The number of rotatable bonds is 10. The molecule has 2 aromatic rings. The van der Waals surface area contributed by atoms with Crippen LogP contribution in [0.4, 0.5) is 5.82 Å². The number of imidazole rings is 1. The summed E-state index contributed by atoms with van der Waals surface area (Å²) in [6.45, 7) is 2.68. The van der Waals surface area contributed by atoms with E-state index >= 15 is 0 Å². The highest BCUT2D eigenvalue weighted by atomic mass is 31.2. The third-order valence-corrected chi connectivity index (χ3v) is 4.93. The zero-order valence-electron chi connectivity index (χ0n) is 13.9. The van der Waals surface area contributed by atoms with Gasteiger partial charge in [-0.05, 0) is 6.92 Å². The largest absolute Gasteiger partial charge is 0.382 e. The summed E-state index contributed by atoms with van der Waals surface area (Å²) in [6, 6.07) is 0. The van der Waals surface area contributed by atoms with Gasteiger partial charge in [-0.1, -0.05) is 0 Å². The second-order valence-electron chi connectivity index (χ2n) is 4.91. The first-order chi connectivity index (χ1) is 11.5. The predicted octanol–water partition coefficient (Wildman–Crippen LogP) is 1.27. The van der Waals surface area contributed by atoms with Gasteiger partial charge in [0.15, 0.2) is 11.5 Å². The molecule has 10 nitrogen and oxygen atoms in total. The Bertz CT molecular complexity index is 709. The fourth-order valence-electron chi connectivity index (χ4n) is 2.13. The van der Waals surface area contributed by atoms with Crippen molar-refractivity contribution in [1.29, 1.82) is 0 Å². The maximum absolute atomic E-state index is 12.3. The smallest absolute Gasteiger partial charge is 0.355 e. The van der Waals surface area contributed by atoms with Crippen LogP contribution in [0.15, 0.2) is 12.7 Å². The van der Waals surface area contributed by atoms with E-state index in [1.165, 1.54) is 13.4 Å². The van der Waals surface area contributed by atoms with E-state index in [4.69, 9.17) is 24.3 Å². The standard InChI is InChI=1S/C13H22N5O5P/c1-4-23-24(19,21-3)9-22-10(6-20-2)5-18-8-17-11-12(14)15-7-16-13(11)18/h7-8,10H,4-6,9H2,1-3H3,(H2,14,15,16). The monoisotopic (exact) mass is 359 g/mol. The molecule has 0 saturated carbocycles. The summed E-state index contributed by atoms with van der Waals surface area (Å²) in [5, 5.41) is 0. The molecule has 2 unspecified atom stereocenters. The number of methoxy groups -OCH3 is 1. The van der Waals surface area contributed by atoms with Crippen molar-refractivity contribution in [3.05, 3.63) is 12.7 Å². The van der Waals surface area contributed by atoms with Gasteiger partial charge in [-0.2, -0.15) is 0 Å². The number of nitrogens with two attached hydrogens (primary N) is 1. The van der Waals surface area contributed by atoms with Crippen molar-refractivity contribution in [2.24, 2.45) is 0 Å². The maximum atomic E-state index is 12.3. The van der Waals surface area contributed by atoms with Gasteiger partial charge in [0.1, 0.15) is 18.2 Å². The van der Waals surface area contributed by atoms with Crippen molar-refractivity contribution < 1.29 is 23.1 Å². The van der Waals surface area contributed by atoms with Crippen LogP contribution < -0.4 is 5.73 Å². The lowest BCUT2D eigenvalue weighted by Crippen LogP contribution is -2.26. The molecule has 0 aliphatic rings. The molecule has 0 aliphatic heterocycles. The van der Waals surface area contributed by atoms with Crippen molar-refractivity contribution in [3.8, 4) is 0 Å². The van der Waals surface area contributed by atoms with Crippen molar-refractivity contribution in [2.75, 3.05) is 39.5 Å². The molecule has 0 radical (unpaired) electrons. The highest BCUT2D eigenvalue weighted by Crippen LogP contribution is 2.47. The van der Waals surface area contributed by atoms with Gasteiger partial charge in [0.05, 0.1) is 32.2 Å². The highest BCUT2D eigenvalue weighted by Gasteiger charge is 2.25. The van der Waals surface area contributed by atoms with E-state index in [2.05, 4.69) is 15.0 Å². The van der Waals surface area contributed by atoms with Crippen molar-refractivity contribution in [2.45, 2.75) is 19.6 Å². The summed E-state index contributed by atoms with van der Waals surface area (Å²) in [4.78, 5) is 12.3. The minimum absolute atomic E-state index is 0.172. The zero-order valence-corrected chi connectivity index (χ0v) is 14.8. The van der Waals surface area contributed by atoms with Crippen LogP contribution in [0.1, 0.15) is 6.92 Å². The maximum Gasteiger partial charge on any atom is 0.355 e. The molecule has 2 rings (SSSR count). The van der Waals surface area contributed by atoms with Gasteiger partial charge in [0, 0.05) is 14.2 Å². The van der Waals surface area contributed by atoms with E-state index in [0.717, 1.165) is 0 Å². The quantitative estimate of drug-likeness (QED) is 0.624. The second kappa shape index (κ2) is 8.50. The Balaban J connectivity index is 2.10. The van der Waals surface area contributed by atoms with E-state index < -0.39 is 13.7 Å². The van der Waals surface area contributed by atoms with E-state index in [9.17, 15) is 4.57 Å². The van der Waals surface area contributed by atoms with E-state index in [1.807, 2.05) is 0 Å². The van der Waals surface area contributed by atoms with Crippen LogP contribution in [-0.2, 0) is 29.6 Å². The lowest BCUT2D eigenvalue weighted by Gasteiger charge is -2.21. The van der Waals surface area contributed by atoms with Gasteiger partial charge in [0.2, 0.25) is 0 Å². The number of fused-ring (bicyclic) bond motifs is 1. The van der Waals surface area contributed by atoms with Crippen molar-refractivity contribution in [1.82, 2.24) is 19.5 Å². The fraction of sp³-hybridized carbons (Fsp3) is 0.615. The van der Waals surface area contributed by atoms with Crippen LogP contribution in [0.2, 0.25) is 0 Å². The highest BCUT2D eigenvalue weighted by molar-refractivity contribution is 7.53. The molecule has 0 aromatic carbocycles. The third-order valence-electron chi connectivity index (χ3n) is 3.25. The normalized spacial score (nSPS) is 15.5. The predicted molar refractivity (Wildman–Crippen MR) is 87.6 cm³/mol. The van der Waals surface area contributed by atoms with Crippen LogP contribution in [0.25, 0.3) is 11.2 Å². The molecule has 2 heterocycles. The molecule has 2 N–H and O–H groups in total. The van der Waals surface area contributed by atoms with Crippen molar-refractivity contribution >= 4 is 24.6 Å². The summed E-state index contributed by atoms with van der Waals surface area (Å²) in [7, 11) is -0.388. The molecule has 0 spiro atoms. The Morgan fingerprint density at radius 2 is 2.12 bits per heavy atom. The average molecular weight is 359 g/mol. The summed E-state index contributed by atoms with van der Waals surface area (Å²) in [5.41, 5.74) is 6.88. The minimum atomic E-state index is -3.27. The van der Waals surface area contributed by atoms with Gasteiger partial charge < -0.3 is 28.8 Å². The van der Waals surface area contributed by atoms with E-state index in [1.54, 1.807) is 24.9 Å². The van der Waals surface area contributed by atoms with E-state index in [0.29, 0.717) is 23.5 Å². The molecule has 24 heavy (non-hydrogen) atoms. The molecule has 134 valence electrons. The van der Waals surface area contributed by atoms with Crippen LogP contribution in [0.3, 0.4) is 0 Å². The molecule has 2 atom stereocenters. The van der Waals surface area contributed by atoms with Crippen LogP contribution in [0, 0.1) is 0 Å². The Hall–Kier alpha value is -1.58. The molecule has 0 saturated heterocycles. The van der Waals surface area contributed by atoms with E-state index in [-0.39, 0.29) is 19.6 Å². The lowest BCUT2D eigenvalue weighted by molar-refractivity contribution is 0.00177. The summed E-state index contributed by atoms with van der Waals surface area (Å²) < 4.78 is 35.0. The van der Waals surface area contributed by atoms with Gasteiger partial charge in [-0.15, -0.1) is 0 Å². The second-order valence-corrected chi connectivity index (χ2v) is 7.02. The third kappa shape index (κ3) is 4.49. The molecule has 2 aromatic heterocycles. The SMILES string of the molecule is CCOP(=O)(COC(COC)Cn1cnc2c(N)ncnc21)OC. The fourth-order valence-corrected chi connectivity index (χ4v) is 3.20. The number of nitrogen functional groups attached to an aromatic ring is 1. The van der Waals surface area contributed by atoms with Gasteiger partial charge in [-0.3, -0.25) is 4.57 Å². The van der Waals surface area contributed by atoms with Crippen LogP contribution in [-0.4, -0.2) is 59.4 Å². The molecular formula is C13H22N5O5P. The molecule has 0 aliphatic carbocycles. The van der Waals surface area contributed by atoms with Gasteiger partial charge in [-0.25, -0.2) is 15.0 Å². The lowest BCUT2D eigenvalue weighted by atomic mass is 10.3. The Kier molecular flexibility index (Phi) is 6.64. The van der Waals surface area contributed by atoms with Crippen LogP contribution in [0.5, 0.6) is 0 Å². The van der Waals surface area contributed by atoms with Gasteiger partial charge >= 0.3 is 7.60 Å². The molecule has 0 fully saturated rings. The number of hydrogen-bond donors (Lipinski definition) is 1. The summed E-state index contributed by atoms with van der Waals surface area (Å²) >= 11 is 0. The zero-order chi connectivity index (χ0) is 17.6. The molecule has 0 bridgehead atoms. The first-order valence-electron chi connectivity index (χ1n) is 7.34. The topological polar surface area (TPSA) is 124 Å². The van der Waals surface area contributed by atoms with Crippen LogP contribution >= 0.6 is 7.60 Å². The Labute approximate surface area is 139 Å². The number of hydrogen-bond acceptors (Lipinski definition) is 9. The molecule has 0 amide bonds. The number of anilines is 1. The molecule has 11 heteroatoms. The number of aromatic nitrogens is 4. The minimum Gasteiger partial charge on any atom is -0.382 e.